The molecule has 138 valence electrons. The van der Waals surface area contributed by atoms with Crippen LogP contribution < -0.4 is 10.6 Å². The van der Waals surface area contributed by atoms with Crippen LogP contribution in [0, 0.1) is 0 Å². The van der Waals surface area contributed by atoms with Gasteiger partial charge in [0, 0.05) is 18.8 Å². The van der Waals surface area contributed by atoms with Gasteiger partial charge in [0.2, 0.25) is 0 Å². The van der Waals surface area contributed by atoms with E-state index in [1.807, 2.05) is 80.8 Å². The van der Waals surface area contributed by atoms with Gasteiger partial charge in [-0.15, -0.1) is 0 Å². The molecule has 2 N–H and O–H groups in total. The highest BCUT2D eigenvalue weighted by Gasteiger charge is 2.12. The van der Waals surface area contributed by atoms with Crippen molar-refractivity contribution in [1.29, 1.82) is 0 Å². The Morgan fingerprint density at radius 1 is 0.815 bits per heavy atom. The minimum atomic E-state index is -0.0892. The first-order valence-electron chi connectivity index (χ1n) is 9.04. The largest absolute Gasteiger partial charge is 0.355 e. The quantitative estimate of drug-likeness (QED) is 0.656. The molecule has 0 heterocycles. The minimum Gasteiger partial charge on any atom is -0.355 e. The fraction of sp³-hybridized carbons (Fsp3) is 0.174. The lowest BCUT2D eigenvalue weighted by Gasteiger charge is -2.16. The molecule has 0 unspecified atom stereocenters. The number of carbonyl (C=O) groups excluding carboxylic acids is 1. The standard InChI is InChI=1S/C23H25N3O/c1-26(2)17-19-11-7-6-10-18(19)16-24-23(27)21-14-8-9-15-22(21)25-20-12-4-3-5-13-20/h3-15,25H,16-17H2,1-2H3,(H,24,27). The van der Waals surface area contributed by atoms with Crippen LogP contribution in [0.2, 0.25) is 0 Å². The van der Waals surface area contributed by atoms with Gasteiger partial charge in [0.25, 0.3) is 5.91 Å². The summed E-state index contributed by atoms with van der Waals surface area (Å²) in [5.41, 5.74) is 4.73. The van der Waals surface area contributed by atoms with Gasteiger partial charge in [0.15, 0.2) is 0 Å². The van der Waals surface area contributed by atoms with E-state index in [1.165, 1.54) is 5.56 Å². The minimum absolute atomic E-state index is 0.0892. The molecule has 0 aromatic heterocycles. The maximum absolute atomic E-state index is 12.8. The van der Waals surface area contributed by atoms with Crippen molar-refractivity contribution in [2.45, 2.75) is 13.1 Å². The van der Waals surface area contributed by atoms with Gasteiger partial charge in [-0.25, -0.2) is 0 Å². The molecule has 0 aliphatic heterocycles. The van der Waals surface area contributed by atoms with Gasteiger partial charge in [-0.1, -0.05) is 54.6 Å². The van der Waals surface area contributed by atoms with Gasteiger partial charge in [0.05, 0.1) is 11.3 Å². The van der Waals surface area contributed by atoms with Gasteiger partial charge in [-0.3, -0.25) is 4.79 Å². The summed E-state index contributed by atoms with van der Waals surface area (Å²) in [4.78, 5) is 14.9. The first-order chi connectivity index (χ1) is 13.1. The molecular formula is C23H25N3O. The maximum atomic E-state index is 12.8. The van der Waals surface area contributed by atoms with E-state index >= 15 is 0 Å². The van der Waals surface area contributed by atoms with Crippen LogP contribution in [0.3, 0.4) is 0 Å². The molecule has 4 nitrogen and oxygen atoms in total. The number of hydrogen-bond acceptors (Lipinski definition) is 3. The van der Waals surface area contributed by atoms with E-state index in [-0.39, 0.29) is 5.91 Å². The molecule has 0 bridgehead atoms. The molecular weight excluding hydrogens is 334 g/mol. The van der Waals surface area contributed by atoms with E-state index in [2.05, 4.69) is 27.7 Å². The first kappa shape index (κ1) is 18.7. The third kappa shape index (κ3) is 5.19. The molecule has 3 aromatic carbocycles. The second-order valence-electron chi connectivity index (χ2n) is 6.73. The van der Waals surface area contributed by atoms with Crippen molar-refractivity contribution in [3.63, 3.8) is 0 Å². The molecule has 0 aliphatic carbocycles. The number of para-hydroxylation sites is 2. The van der Waals surface area contributed by atoms with Gasteiger partial charge in [-0.05, 0) is 49.5 Å². The third-order valence-corrected chi connectivity index (χ3v) is 4.27. The number of nitrogens with one attached hydrogen (secondary N) is 2. The van der Waals surface area contributed by atoms with Crippen molar-refractivity contribution >= 4 is 17.3 Å². The molecule has 4 heteroatoms. The topological polar surface area (TPSA) is 44.4 Å². The number of anilines is 2. The lowest BCUT2D eigenvalue weighted by molar-refractivity contribution is 0.0951. The predicted octanol–water partition coefficient (Wildman–Crippen LogP) is 4.42. The fourth-order valence-electron chi connectivity index (χ4n) is 2.96. The van der Waals surface area contributed by atoms with E-state index in [0.29, 0.717) is 12.1 Å². The van der Waals surface area contributed by atoms with Gasteiger partial charge in [-0.2, -0.15) is 0 Å². The number of carbonyl (C=O) groups is 1. The van der Waals surface area contributed by atoms with Crippen molar-refractivity contribution in [1.82, 2.24) is 10.2 Å². The monoisotopic (exact) mass is 359 g/mol. The molecule has 0 saturated heterocycles. The highest BCUT2D eigenvalue weighted by atomic mass is 16.1. The molecule has 3 aromatic rings. The molecule has 3 rings (SSSR count). The van der Waals surface area contributed by atoms with Crippen molar-refractivity contribution in [2.75, 3.05) is 19.4 Å². The number of amides is 1. The van der Waals surface area contributed by atoms with Crippen LogP contribution in [0.15, 0.2) is 78.9 Å². The lowest BCUT2D eigenvalue weighted by atomic mass is 10.1. The Kier molecular flexibility index (Phi) is 6.23. The highest BCUT2D eigenvalue weighted by molar-refractivity contribution is 6.00. The summed E-state index contributed by atoms with van der Waals surface area (Å²) in [6.07, 6.45) is 0. The average molecular weight is 359 g/mol. The molecule has 0 atom stereocenters. The van der Waals surface area contributed by atoms with Crippen LogP contribution in [0.1, 0.15) is 21.5 Å². The molecule has 0 spiro atoms. The number of benzene rings is 3. The summed E-state index contributed by atoms with van der Waals surface area (Å²) in [5, 5.41) is 6.38. The van der Waals surface area contributed by atoms with Crippen molar-refractivity contribution in [3.05, 3.63) is 95.6 Å². The number of rotatable bonds is 7. The molecule has 0 fully saturated rings. The van der Waals surface area contributed by atoms with E-state index in [0.717, 1.165) is 23.5 Å². The third-order valence-electron chi connectivity index (χ3n) is 4.27. The van der Waals surface area contributed by atoms with Gasteiger partial charge < -0.3 is 15.5 Å². The molecule has 1 amide bonds. The van der Waals surface area contributed by atoms with Crippen LogP contribution in [0.25, 0.3) is 0 Å². The van der Waals surface area contributed by atoms with Crippen LogP contribution in [0.4, 0.5) is 11.4 Å². The lowest BCUT2D eigenvalue weighted by Crippen LogP contribution is -2.24. The summed E-state index contributed by atoms with van der Waals surface area (Å²) >= 11 is 0. The first-order valence-corrected chi connectivity index (χ1v) is 9.04. The second-order valence-corrected chi connectivity index (χ2v) is 6.73. The zero-order chi connectivity index (χ0) is 19.1. The molecule has 27 heavy (non-hydrogen) atoms. The normalized spacial score (nSPS) is 10.6. The Bertz CT molecular complexity index is 891. The Hall–Kier alpha value is -3.11. The van der Waals surface area contributed by atoms with Crippen LogP contribution >= 0.6 is 0 Å². The smallest absolute Gasteiger partial charge is 0.253 e. The van der Waals surface area contributed by atoms with E-state index in [9.17, 15) is 4.79 Å². The summed E-state index contributed by atoms with van der Waals surface area (Å²) < 4.78 is 0. The Morgan fingerprint density at radius 2 is 1.44 bits per heavy atom. The number of nitrogens with zero attached hydrogens (tertiary/aromatic N) is 1. The van der Waals surface area contributed by atoms with Gasteiger partial charge in [0.1, 0.15) is 0 Å². The van der Waals surface area contributed by atoms with Crippen molar-refractivity contribution < 1.29 is 4.79 Å². The Labute approximate surface area is 160 Å². The van der Waals surface area contributed by atoms with Crippen LogP contribution in [-0.2, 0) is 13.1 Å². The summed E-state index contributed by atoms with van der Waals surface area (Å²) in [6.45, 7) is 1.35. The molecule has 0 saturated carbocycles. The van der Waals surface area contributed by atoms with Crippen molar-refractivity contribution in [2.24, 2.45) is 0 Å². The van der Waals surface area contributed by atoms with Crippen LogP contribution in [-0.4, -0.2) is 24.9 Å². The predicted molar refractivity (Wildman–Crippen MR) is 111 cm³/mol. The van der Waals surface area contributed by atoms with E-state index in [1.54, 1.807) is 0 Å². The summed E-state index contributed by atoms with van der Waals surface area (Å²) in [5.74, 6) is -0.0892. The zero-order valence-electron chi connectivity index (χ0n) is 15.8. The second kappa shape index (κ2) is 9.01. The molecule has 0 radical (unpaired) electrons. The maximum Gasteiger partial charge on any atom is 0.253 e. The fourth-order valence-corrected chi connectivity index (χ4v) is 2.96. The highest BCUT2D eigenvalue weighted by Crippen LogP contribution is 2.21. The van der Waals surface area contributed by atoms with E-state index in [4.69, 9.17) is 0 Å². The summed E-state index contributed by atoms with van der Waals surface area (Å²) in [6, 6.07) is 25.6. The van der Waals surface area contributed by atoms with Gasteiger partial charge >= 0.3 is 0 Å². The zero-order valence-corrected chi connectivity index (χ0v) is 15.8. The SMILES string of the molecule is CN(C)Cc1ccccc1CNC(=O)c1ccccc1Nc1ccccc1. The van der Waals surface area contributed by atoms with Crippen molar-refractivity contribution in [3.8, 4) is 0 Å². The van der Waals surface area contributed by atoms with Crippen LogP contribution in [0.5, 0.6) is 0 Å². The Balaban J connectivity index is 1.72. The number of hydrogen-bond donors (Lipinski definition) is 2. The average Bonchev–Trinajstić information content (AvgIpc) is 2.68. The Morgan fingerprint density at radius 3 is 2.19 bits per heavy atom. The summed E-state index contributed by atoms with van der Waals surface area (Å²) in [7, 11) is 4.09. The van der Waals surface area contributed by atoms with E-state index < -0.39 is 0 Å². The molecule has 0 aliphatic rings.